The van der Waals surface area contributed by atoms with Gasteiger partial charge >= 0.3 is 0 Å². The summed E-state index contributed by atoms with van der Waals surface area (Å²) in [6, 6.07) is 9.69. The molecule has 3 heterocycles. The third-order valence-electron chi connectivity index (χ3n) is 6.73. The Labute approximate surface area is 133 Å². The molecular weight excluding hydrogens is 268 g/mol. The minimum Gasteiger partial charge on any atom is -0.346 e. The van der Waals surface area contributed by atoms with E-state index in [4.69, 9.17) is 0 Å². The van der Waals surface area contributed by atoms with Gasteiger partial charge in [0.15, 0.2) is 0 Å². The lowest BCUT2D eigenvalue weighted by Crippen LogP contribution is -2.47. The van der Waals surface area contributed by atoms with E-state index >= 15 is 0 Å². The van der Waals surface area contributed by atoms with Gasteiger partial charge in [0.05, 0.1) is 6.04 Å². The molecule has 3 aliphatic rings. The second-order valence-electron chi connectivity index (χ2n) is 7.74. The third kappa shape index (κ3) is 1.76. The first-order valence-electron chi connectivity index (χ1n) is 9.13. The van der Waals surface area contributed by atoms with E-state index < -0.39 is 0 Å². The van der Waals surface area contributed by atoms with E-state index in [1.165, 1.54) is 62.5 Å². The Morgan fingerprint density at radius 3 is 2.77 bits per heavy atom. The molecule has 2 heteroatoms. The van der Waals surface area contributed by atoms with Gasteiger partial charge in [0.1, 0.15) is 0 Å². The van der Waals surface area contributed by atoms with E-state index in [0.717, 1.165) is 11.8 Å². The Balaban J connectivity index is 1.61. The molecule has 22 heavy (non-hydrogen) atoms. The number of benzene rings is 1. The molecule has 3 atom stereocenters. The van der Waals surface area contributed by atoms with Crippen molar-refractivity contribution < 1.29 is 0 Å². The minimum atomic E-state index is 0.681. The molecule has 1 aromatic carbocycles. The zero-order chi connectivity index (χ0) is 14.7. The molecule has 0 unspecified atom stereocenters. The third-order valence-corrected chi connectivity index (χ3v) is 6.73. The van der Waals surface area contributed by atoms with Gasteiger partial charge in [-0.2, -0.15) is 0 Å². The van der Waals surface area contributed by atoms with Crippen molar-refractivity contribution >= 4 is 10.9 Å². The summed E-state index contributed by atoms with van der Waals surface area (Å²) in [7, 11) is 2.29. The van der Waals surface area contributed by atoms with Gasteiger partial charge in [0.25, 0.3) is 0 Å². The summed E-state index contributed by atoms with van der Waals surface area (Å²) in [5.74, 6) is 1.97. The minimum absolute atomic E-state index is 0.681. The lowest BCUT2D eigenvalue weighted by Gasteiger charge is -2.48. The Hall–Kier alpha value is -1.28. The topological polar surface area (TPSA) is 8.17 Å². The van der Waals surface area contributed by atoms with Gasteiger partial charge < -0.3 is 4.57 Å². The smallest absolute Gasteiger partial charge is 0.0506 e. The van der Waals surface area contributed by atoms with Crippen molar-refractivity contribution in [3.63, 3.8) is 0 Å². The van der Waals surface area contributed by atoms with Crippen LogP contribution in [-0.4, -0.2) is 22.6 Å². The maximum atomic E-state index is 2.81. The van der Waals surface area contributed by atoms with Crippen molar-refractivity contribution in [1.29, 1.82) is 0 Å². The molecule has 116 valence electrons. The quantitative estimate of drug-likeness (QED) is 0.704. The van der Waals surface area contributed by atoms with E-state index in [2.05, 4.69) is 40.8 Å². The van der Waals surface area contributed by atoms with Gasteiger partial charge in [-0.05, 0) is 42.7 Å². The monoisotopic (exact) mass is 294 g/mol. The second-order valence-corrected chi connectivity index (χ2v) is 7.74. The van der Waals surface area contributed by atoms with E-state index in [1.807, 2.05) is 0 Å². The van der Waals surface area contributed by atoms with Crippen molar-refractivity contribution in [3.8, 4) is 0 Å². The average molecular weight is 294 g/mol. The Morgan fingerprint density at radius 2 is 1.86 bits per heavy atom. The van der Waals surface area contributed by atoms with Crippen LogP contribution in [0.2, 0.25) is 0 Å². The highest BCUT2D eigenvalue weighted by molar-refractivity contribution is 5.86. The van der Waals surface area contributed by atoms with Crippen LogP contribution in [0.5, 0.6) is 0 Å². The molecule has 2 fully saturated rings. The van der Waals surface area contributed by atoms with Gasteiger partial charge in [-0.25, -0.2) is 0 Å². The van der Waals surface area contributed by atoms with Crippen LogP contribution >= 0.6 is 0 Å². The molecule has 0 radical (unpaired) electrons. The summed E-state index contributed by atoms with van der Waals surface area (Å²) in [5, 5.41) is 1.51. The normalized spacial score (nSPS) is 31.6. The molecule has 1 aliphatic carbocycles. The summed E-state index contributed by atoms with van der Waals surface area (Å²) in [5.41, 5.74) is 4.71. The van der Waals surface area contributed by atoms with Gasteiger partial charge in [0, 0.05) is 36.7 Å². The fourth-order valence-electron chi connectivity index (χ4n) is 5.67. The number of rotatable bonds is 0. The summed E-state index contributed by atoms with van der Waals surface area (Å²) in [6.45, 7) is 2.63. The largest absolute Gasteiger partial charge is 0.346 e. The van der Waals surface area contributed by atoms with E-state index in [9.17, 15) is 0 Å². The number of aromatic nitrogens is 1. The van der Waals surface area contributed by atoms with Gasteiger partial charge in [-0.15, -0.1) is 0 Å². The van der Waals surface area contributed by atoms with Crippen LogP contribution in [-0.2, 0) is 13.5 Å². The second kappa shape index (κ2) is 4.86. The predicted octanol–water partition coefficient (Wildman–Crippen LogP) is 4.29. The molecule has 2 aromatic rings. The maximum Gasteiger partial charge on any atom is 0.0506 e. The Morgan fingerprint density at radius 1 is 1.05 bits per heavy atom. The number of para-hydroxylation sites is 1. The predicted molar refractivity (Wildman–Crippen MR) is 91.0 cm³/mol. The van der Waals surface area contributed by atoms with Crippen LogP contribution in [0.4, 0.5) is 0 Å². The summed E-state index contributed by atoms with van der Waals surface area (Å²) >= 11 is 0. The number of hydrogen-bond donors (Lipinski definition) is 0. The summed E-state index contributed by atoms with van der Waals surface area (Å²) in [4.78, 5) is 2.81. The molecule has 5 rings (SSSR count). The SMILES string of the molecule is Cn1c2c(c3ccccc31)CCN1C[C@H]3CCCC[C@H]3C[C@H]21. The molecule has 0 spiro atoms. The molecule has 1 saturated carbocycles. The fourth-order valence-corrected chi connectivity index (χ4v) is 5.67. The highest BCUT2D eigenvalue weighted by Gasteiger charge is 2.41. The molecular formula is C20H26N2. The molecule has 1 aromatic heterocycles. The lowest BCUT2D eigenvalue weighted by atomic mass is 9.71. The van der Waals surface area contributed by atoms with Gasteiger partial charge in [-0.1, -0.05) is 37.5 Å². The fraction of sp³-hybridized carbons (Fsp3) is 0.600. The standard InChI is InChI=1S/C20H26N2/c1-21-18-9-5-4-8-16(18)17-10-11-22-13-15-7-3-2-6-14(15)12-19(22)20(17)21/h4-5,8-9,14-15,19H,2-3,6-7,10-13H2,1H3/t14-,15+,19+/m0/s1. The van der Waals surface area contributed by atoms with Crippen LogP contribution in [0.3, 0.4) is 0 Å². The average Bonchev–Trinajstić information content (AvgIpc) is 2.87. The molecule has 2 nitrogen and oxygen atoms in total. The van der Waals surface area contributed by atoms with Gasteiger partial charge in [0.2, 0.25) is 0 Å². The van der Waals surface area contributed by atoms with Crippen LogP contribution in [0.1, 0.15) is 49.4 Å². The van der Waals surface area contributed by atoms with E-state index in [0.29, 0.717) is 6.04 Å². The van der Waals surface area contributed by atoms with Gasteiger partial charge in [-0.3, -0.25) is 4.90 Å². The zero-order valence-electron chi connectivity index (χ0n) is 13.6. The Kier molecular flexibility index (Phi) is 2.91. The Bertz CT molecular complexity index is 714. The molecule has 1 saturated heterocycles. The first-order valence-corrected chi connectivity index (χ1v) is 9.13. The number of hydrogen-bond acceptors (Lipinski definition) is 1. The van der Waals surface area contributed by atoms with Crippen LogP contribution < -0.4 is 0 Å². The summed E-state index contributed by atoms with van der Waals surface area (Å²) in [6.07, 6.45) is 8.55. The van der Waals surface area contributed by atoms with E-state index in [1.54, 1.807) is 11.3 Å². The molecule has 0 amide bonds. The first kappa shape index (κ1) is 13.2. The van der Waals surface area contributed by atoms with E-state index in [-0.39, 0.29) is 0 Å². The van der Waals surface area contributed by atoms with Crippen LogP contribution in [0.25, 0.3) is 10.9 Å². The first-order chi connectivity index (χ1) is 10.8. The van der Waals surface area contributed by atoms with Crippen molar-refractivity contribution in [1.82, 2.24) is 9.47 Å². The lowest BCUT2D eigenvalue weighted by molar-refractivity contribution is 0.0293. The molecule has 0 N–H and O–H groups in total. The van der Waals surface area contributed by atoms with Crippen LogP contribution in [0.15, 0.2) is 24.3 Å². The highest BCUT2D eigenvalue weighted by atomic mass is 15.2. The summed E-state index contributed by atoms with van der Waals surface area (Å²) < 4.78 is 2.50. The number of aryl methyl sites for hydroxylation is 1. The van der Waals surface area contributed by atoms with Crippen molar-refractivity contribution in [2.45, 2.75) is 44.6 Å². The number of fused-ring (bicyclic) bond motifs is 6. The number of piperidine rings is 1. The number of nitrogens with zero attached hydrogens (tertiary/aromatic N) is 2. The highest BCUT2D eigenvalue weighted by Crippen LogP contribution is 2.47. The molecule has 2 aliphatic heterocycles. The van der Waals surface area contributed by atoms with Crippen molar-refractivity contribution in [3.05, 3.63) is 35.5 Å². The zero-order valence-corrected chi connectivity index (χ0v) is 13.6. The van der Waals surface area contributed by atoms with Crippen molar-refractivity contribution in [2.75, 3.05) is 13.1 Å². The van der Waals surface area contributed by atoms with Crippen molar-refractivity contribution in [2.24, 2.45) is 18.9 Å². The molecule has 0 bridgehead atoms. The maximum absolute atomic E-state index is 2.81. The van der Waals surface area contributed by atoms with Crippen LogP contribution in [0, 0.1) is 11.8 Å².